The van der Waals surface area contributed by atoms with E-state index in [0.717, 1.165) is 26.4 Å². The van der Waals surface area contributed by atoms with E-state index in [9.17, 15) is 0 Å². The lowest BCUT2D eigenvalue weighted by molar-refractivity contribution is 0.479. The van der Waals surface area contributed by atoms with Gasteiger partial charge >= 0.3 is 0 Å². The highest BCUT2D eigenvalue weighted by Gasteiger charge is 2.07. The Balaban J connectivity index is 2.13. The first-order valence-corrected chi connectivity index (χ1v) is 7.76. The Hall–Kier alpha value is -1.59. The highest BCUT2D eigenvalue weighted by molar-refractivity contribution is 7.15. The van der Waals surface area contributed by atoms with Crippen LogP contribution in [0.15, 0.2) is 35.5 Å². The van der Waals surface area contributed by atoms with E-state index in [1.807, 2.05) is 68.5 Å². The summed E-state index contributed by atoms with van der Waals surface area (Å²) in [6, 6.07) is 7.73. The summed E-state index contributed by atoms with van der Waals surface area (Å²) in [5.74, 6) is 0.941. The summed E-state index contributed by atoms with van der Waals surface area (Å²) < 4.78 is 0. The topological polar surface area (TPSA) is 31.7 Å². The molecule has 0 fully saturated rings. The highest BCUT2D eigenvalue weighted by Crippen LogP contribution is 2.26. The van der Waals surface area contributed by atoms with Gasteiger partial charge in [0.2, 0.25) is 0 Å². The van der Waals surface area contributed by atoms with Gasteiger partial charge in [-0.15, -0.1) is 11.3 Å². The number of aromatic nitrogens is 1. The van der Waals surface area contributed by atoms with Gasteiger partial charge in [0, 0.05) is 49.9 Å². The molecule has 0 atom stereocenters. The molecule has 1 heterocycles. The minimum atomic E-state index is 0.636. The van der Waals surface area contributed by atoms with Crippen LogP contribution in [-0.2, 0) is 6.54 Å². The van der Waals surface area contributed by atoms with E-state index >= 15 is 0 Å². The van der Waals surface area contributed by atoms with E-state index in [1.54, 1.807) is 11.3 Å². The number of aliphatic imine (C=N–C) groups is 1. The summed E-state index contributed by atoms with van der Waals surface area (Å²) in [6.07, 6.45) is 1.89. The molecule has 0 saturated carbocycles. The van der Waals surface area contributed by atoms with Crippen LogP contribution in [0.25, 0.3) is 10.6 Å². The monoisotopic (exact) mass is 322 g/mol. The van der Waals surface area contributed by atoms with Crippen LogP contribution in [0.2, 0.25) is 5.02 Å². The fourth-order valence-corrected chi connectivity index (χ4v) is 2.91. The molecular formula is C15H19ClN4S. The molecule has 0 spiro atoms. The smallest absolute Gasteiger partial charge is 0.195 e. The highest BCUT2D eigenvalue weighted by atomic mass is 35.5. The summed E-state index contributed by atoms with van der Waals surface area (Å²) in [7, 11) is 7.96. The summed E-state index contributed by atoms with van der Waals surface area (Å²) >= 11 is 7.56. The molecule has 0 aliphatic rings. The van der Waals surface area contributed by atoms with E-state index < -0.39 is 0 Å². The van der Waals surface area contributed by atoms with Crippen molar-refractivity contribution >= 4 is 28.9 Å². The zero-order valence-corrected chi connectivity index (χ0v) is 14.2. The van der Waals surface area contributed by atoms with Crippen LogP contribution in [-0.4, -0.2) is 48.9 Å². The van der Waals surface area contributed by atoms with Crippen molar-refractivity contribution in [3.05, 3.63) is 40.4 Å². The molecule has 0 aliphatic heterocycles. The predicted molar refractivity (Wildman–Crippen MR) is 91.1 cm³/mol. The molecule has 2 rings (SSSR count). The zero-order valence-electron chi connectivity index (χ0n) is 12.7. The van der Waals surface area contributed by atoms with E-state index in [1.165, 1.54) is 0 Å². The predicted octanol–water partition coefficient (Wildman–Crippen LogP) is 3.44. The average molecular weight is 323 g/mol. The number of thiazole rings is 1. The Morgan fingerprint density at radius 2 is 1.76 bits per heavy atom. The fraction of sp³-hybridized carbons (Fsp3) is 0.333. The molecule has 2 aromatic rings. The van der Waals surface area contributed by atoms with Crippen molar-refractivity contribution in [2.75, 3.05) is 28.2 Å². The minimum absolute atomic E-state index is 0.636. The van der Waals surface area contributed by atoms with Gasteiger partial charge in [0.05, 0.1) is 6.54 Å². The first kappa shape index (κ1) is 15.8. The third-order valence-electron chi connectivity index (χ3n) is 2.82. The largest absolute Gasteiger partial charge is 0.349 e. The molecule has 112 valence electrons. The van der Waals surface area contributed by atoms with Gasteiger partial charge in [-0.3, -0.25) is 0 Å². The molecule has 0 saturated heterocycles. The van der Waals surface area contributed by atoms with Gasteiger partial charge in [0.1, 0.15) is 5.01 Å². The standard InChI is InChI=1S/C15H19ClN4S/c1-19(2)15(20(3)4)18-10-13-9-17-14(21-13)11-5-7-12(16)8-6-11/h5-9H,10H2,1-4H3. The molecule has 0 bridgehead atoms. The van der Waals surface area contributed by atoms with Crippen LogP contribution < -0.4 is 0 Å². The van der Waals surface area contributed by atoms with Crippen LogP contribution in [0, 0.1) is 0 Å². The molecule has 4 nitrogen and oxygen atoms in total. The first-order valence-electron chi connectivity index (χ1n) is 6.57. The van der Waals surface area contributed by atoms with Crippen molar-refractivity contribution in [2.45, 2.75) is 6.54 Å². The summed E-state index contributed by atoms with van der Waals surface area (Å²) in [5, 5.41) is 1.73. The van der Waals surface area contributed by atoms with Gasteiger partial charge in [0.15, 0.2) is 5.96 Å². The summed E-state index contributed by atoms with van der Waals surface area (Å²) in [5.41, 5.74) is 1.08. The quantitative estimate of drug-likeness (QED) is 0.641. The van der Waals surface area contributed by atoms with Gasteiger partial charge in [-0.1, -0.05) is 23.7 Å². The van der Waals surface area contributed by atoms with E-state index in [0.29, 0.717) is 6.54 Å². The molecule has 1 aromatic heterocycles. The molecule has 1 aromatic carbocycles. The lowest BCUT2D eigenvalue weighted by atomic mass is 10.2. The Bertz CT molecular complexity index is 607. The third-order valence-corrected chi connectivity index (χ3v) is 4.10. The van der Waals surface area contributed by atoms with Crippen molar-refractivity contribution < 1.29 is 0 Å². The number of hydrogen-bond acceptors (Lipinski definition) is 3. The average Bonchev–Trinajstić information content (AvgIpc) is 2.87. The van der Waals surface area contributed by atoms with E-state index in [2.05, 4.69) is 9.98 Å². The number of halogens is 1. The van der Waals surface area contributed by atoms with Crippen molar-refractivity contribution in [1.82, 2.24) is 14.8 Å². The van der Waals surface area contributed by atoms with Crippen LogP contribution in [0.5, 0.6) is 0 Å². The minimum Gasteiger partial charge on any atom is -0.349 e. The van der Waals surface area contributed by atoms with Gasteiger partial charge in [0.25, 0.3) is 0 Å². The Kier molecular flexibility index (Phi) is 5.20. The van der Waals surface area contributed by atoms with Gasteiger partial charge < -0.3 is 9.80 Å². The second-order valence-corrected chi connectivity index (χ2v) is 6.60. The van der Waals surface area contributed by atoms with E-state index in [4.69, 9.17) is 11.6 Å². The van der Waals surface area contributed by atoms with Crippen molar-refractivity contribution in [2.24, 2.45) is 4.99 Å². The second kappa shape index (κ2) is 6.91. The molecule has 21 heavy (non-hydrogen) atoms. The Morgan fingerprint density at radius 3 is 2.33 bits per heavy atom. The van der Waals surface area contributed by atoms with Crippen molar-refractivity contribution in [3.63, 3.8) is 0 Å². The molecular weight excluding hydrogens is 304 g/mol. The van der Waals surface area contributed by atoms with Gasteiger partial charge in [-0.25, -0.2) is 9.98 Å². The molecule has 0 amide bonds. The van der Waals surface area contributed by atoms with Crippen molar-refractivity contribution in [3.8, 4) is 10.6 Å². The number of hydrogen-bond donors (Lipinski definition) is 0. The SMILES string of the molecule is CN(C)C(=NCc1cnc(-c2ccc(Cl)cc2)s1)N(C)C. The third kappa shape index (κ3) is 4.19. The maximum absolute atomic E-state index is 5.90. The van der Waals surface area contributed by atoms with Crippen LogP contribution in [0.3, 0.4) is 0 Å². The Labute approximate surface area is 134 Å². The molecule has 0 N–H and O–H groups in total. The lowest BCUT2D eigenvalue weighted by Crippen LogP contribution is -2.35. The van der Waals surface area contributed by atoms with Crippen LogP contribution in [0.1, 0.15) is 4.88 Å². The number of rotatable bonds is 3. The van der Waals surface area contributed by atoms with Crippen molar-refractivity contribution in [1.29, 1.82) is 0 Å². The fourth-order valence-electron chi connectivity index (χ4n) is 1.94. The second-order valence-electron chi connectivity index (χ2n) is 5.04. The normalized spacial score (nSPS) is 10.3. The van der Waals surface area contributed by atoms with Crippen LogP contribution >= 0.6 is 22.9 Å². The van der Waals surface area contributed by atoms with Crippen LogP contribution in [0.4, 0.5) is 0 Å². The summed E-state index contributed by atoms with van der Waals surface area (Å²) in [4.78, 5) is 14.2. The number of nitrogens with zero attached hydrogens (tertiary/aromatic N) is 4. The maximum Gasteiger partial charge on any atom is 0.195 e. The number of benzene rings is 1. The maximum atomic E-state index is 5.90. The Morgan fingerprint density at radius 1 is 1.14 bits per heavy atom. The molecule has 0 radical (unpaired) electrons. The van der Waals surface area contributed by atoms with E-state index in [-0.39, 0.29) is 0 Å². The van der Waals surface area contributed by atoms with Gasteiger partial charge in [-0.05, 0) is 12.1 Å². The summed E-state index contributed by atoms with van der Waals surface area (Å²) in [6.45, 7) is 0.636. The number of guanidine groups is 1. The zero-order chi connectivity index (χ0) is 15.4. The molecule has 0 unspecified atom stereocenters. The molecule has 0 aliphatic carbocycles. The van der Waals surface area contributed by atoms with Gasteiger partial charge in [-0.2, -0.15) is 0 Å². The molecule has 6 heteroatoms. The lowest BCUT2D eigenvalue weighted by Gasteiger charge is -2.22. The first-order chi connectivity index (χ1) is 9.97.